The van der Waals surface area contributed by atoms with Crippen molar-refractivity contribution in [2.75, 3.05) is 5.32 Å². The van der Waals surface area contributed by atoms with Gasteiger partial charge in [0.15, 0.2) is 11.5 Å². The fraction of sp³-hybridized carbons (Fsp3) is 0.400. The first-order valence-electron chi connectivity index (χ1n) is 11.3. The first-order valence-corrected chi connectivity index (χ1v) is 11.3. The van der Waals surface area contributed by atoms with Crippen LogP contribution in [0.4, 0.5) is 16.2 Å². The van der Waals surface area contributed by atoms with Gasteiger partial charge in [0, 0.05) is 18.0 Å². The van der Waals surface area contributed by atoms with Crippen molar-refractivity contribution < 1.29 is 18.8 Å². The van der Waals surface area contributed by atoms with E-state index >= 15 is 0 Å². The van der Waals surface area contributed by atoms with Crippen LogP contribution >= 0.6 is 0 Å². The van der Waals surface area contributed by atoms with Crippen LogP contribution in [0, 0.1) is 5.92 Å². The van der Waals surface area contributed by atoms with E-state index in [1.54, 1.807) is 0 Å². The van der Waals surface area contributed by atoms with E-state index in [1.165, 1.54) is 0 Å². The highest BCUT2D eigenvalue weighted by Gasteiger charge is 2.31. The number of anilines is 2. The Morgan fingerprint density at radius 3 is 2.76 bits per heavy atom. The van der Waals surface area contributed by atoms with E-state index in [-0.39, 0.29) is 12.1 Å². The van der Waals surface area contributed by atoms with Gasteiger partial charge in [-0.3, -0.25) is 0 Å². The Hall–Kier alpha value is -3.55. The number of para-hydroxylation sites is 2. The molecule has 8 heteroatoms. The van der Waals surface area contributed by atoms with E-state index in [9.17, 15) is 4.79 Å². The Kier molecular flexibility index (Phi) is 5.44. The minimum atomic E-state index is -0.478. The van der Waals surface area contributed by atoms with Crippen LogP contribution in [-0.4, -0.2) is 27.9 Å². The van der Waals surface area contributed by atoms with Crippen LogP contribution in [0.5, 0.6) is 11.5 Å². The first kappa shape index (κ1) is 21.3. The zero-order valence-corrected chi connectivity index (χ0v) is 19.1. The number of fused-ring (bicyclic) bond motifs is 2. The maximum atomic E-state index is 11.9. The van der Waals surface area contributed by atoms with Crippen LogP contribution in [0.2, 0.25) is 0 Å². The second kappa shape index (κ2) is 8.42. The van der Waals surface area contributed by atoms with Gasteiger partial charge in [0.25, 0.3) is 0 Å². The van der Waals surface area contributed by atoms with Gasteiger partial charge in [-0.05, 0) is 76.3 Å². The average Bonchev–Trinajstić information content (AvgIpc) is 3.21. The molecule has 1 aliphatic heterocycles. The largest absolute Gasteiger partial charge is 0.453 e. The molecule has 2 aliphatic rings. The Bertz CT molecular complexity index is 1160. The highest BCUT2D eigenvalue weighted by molar-refractivity contribution is 5.78. The Labute approximate surface area is 192 Å². The van der Waals surface area contributed by atoms with Crippen LogP contribution in [-0.2, 0) is 11.2 Å². The van der Waals surface area contributed by atoms with Gasteiger partial charge < -0.3 is 24.6 Å². The number of carbonyl (C=O) groups is 1. The molecule has 2 aromatic carbocycles. The number of amides is 1. The smallest absolute Gasteiger partial charge is 0.407 e. The average molecular weight is 449 g/mol. The molecule has 8 nitrogen and oxygen atoms in total. The van der Waals surface area contributed by atoms with Gasteiger partial charge in [-0.25, -0.2) is 4.79 Å². The molecule has 3 aromatic rings. The predicted octanol–water partition coefficient (Wildman–Crippen LogP) is 5.82. The molecule has 1 fully saturated rings. The van der Waals surface area contributed by atoms with Gasteiger partial charge >= 0.3 is 6.09 Å². The molecule has 0 saturated heterocycles. The summed E-state index contributed by atoms with van der Waals surface area (Å²) in [5, 5.41) is 10.5. The molecule has 0 radical (unpaired) electrons. The molecule has 0 spiro atoms. The van der Waals surface area contributed by atoms with Gasteiger partial charge in [0.2, 0.25) is 11.7 Å². The van der Waals surface area contributed by atoms with E-state index in [0.717, 1.165) is 47.7 Å². The molecule has 0 atom stereocenters. The maximum absolute atomic E-state index is 11.9. The number of rotatable bonds is 5. The lowest BCUT2D eigenvalue weighted by atomic mass is 9.77. The van der Waals surface area contributed by atoms with Gasteiger partial charge in [-0.2, -0.15) is 4.98 Å². The van der Waals surface area contributed by atoms with Crippen molar-refractivity contribution in [2.45, 2.75) is 58.1 Å². The summed E-state index contributed by atoms with van der Waals surface area (Å²) in [4.78, 5) is 16.4. The Morgan fingerprint density at radius 2 is 1.94 bits per heavy atom. The van der Waals surface area contributed by atoms with Crippen LogP contribution < -0.4 is 15.4 Å². The van der Waals surface area contributed by atoms with E-state index in [2.05, 4.69) is 20.8 Å². The van der Waals surface area contributed by atoms with Crippen molar-refractivity contribution in [1.29, 1.82) is 0 Å². The molecule has 0 unspecified atom stereocenters. The molecular formula is C25H28N4O4. The summed E-state index contributed by atoms with van der Waals surface area (Å²) in [6.45, 7) is 5.59. The van der Waals surface area contributed by atoms with Crippen molar-refractivity contribution in [2.24, 2.45) is 5.92 Å². The molecule has 1 aromatic heterocycles. The van der Waals surface area contributed by atoms with Crippen molar-refractivity contribution >= 4 is 17.5 Å². The number of benzene rings is 2. The fourth-order valence-electron chi connectivity index (χ4n) is 4.14. The fourth-order valence-corrected chi connectivity index (χ4v) is 4.14. The second-order valence-corrected chi connectivity index (χ2v) is 9.67. The lowest BCUT2D eigenvalue weighted by Gasteiger charge is -2.36. The van der Waals surface area contributed by atoms with Crippen LogP contribution in [0.15, 0.2) is 47.0 Å². The molecule has 5 rings (SSSR count). The van der Waals surface area contributed by atoms with Gasteiger partial charge in [0.1, 0.15) is 5.60 Å². The number of hydrogen-bond acceptors (Lipinski definition) is 7. The summed E-state index contributed by atoms with van der Waals surface area (Å²) in [6, 6.07) is 13.8. The predicted molar refractivity (Wildman–Crippen MR) is 124 cm³/mol. The summed E-state index contributed by atoms with van der Waals surface area (Å²) in [6.07, 6.45) is 3.20. The molecular weight excluding hydrogens is 420 g/mol. The summed E-state index contributed by atoms with van der Waals surface area (Å²) >= 11 is 0. The number of nitrogens with zero attached hydrogens (tertiary/aromatic N) is 2. The first-order chi connectivity index (χ1) is 15.8. The minimum absolute atomic E-state index is 0.178. The number of ether oxygens (including phenoxy) is 2. The van der Waals surface area contributed by atoms with Crippen molar-refractivity contribution in [3.05, 3.63) is 48.4 Å². The lowest BCUT2D eigenvalue weighted by molar-refractivity contribution is 0.0448. The summed E-state index contributed by atoms with van der Waals surface area (Å²) in [5.74, 6) is 3.22. The van der Waals surface area contributed by atoms with E-state index < -0.39 is 5.60 Å². The van der Waals surface area contributed by atoms with Crippen molar-refractivity contribution in [3.8, 4) is 22.9 Å². The zero-order chi connectivity index (χ0) is 23.0. The molecule has 1 amide bonds. The number of aryl methyl sites for hydroxylation is 1. The maximum Gasteiger partial charge on any atom is 0.407 e. The van der Waals surface area contributed by atoms with Gasteiger partial charge in [-0.1, -0.05) is 17.3 Å². The Balaban J connectivity index is 1.13. The van der Waals surface area contributed by atoms with E-state index in [4.69, 9.17) is 14.0 Å². The Morgan fingerprint density at radius 1 is 1.15 bits per heavy atom. The van der Waals surface area contributed by atoms with Crippen LogP contribution in [0.1, 0.15) is 45.9 Å². The van der Waals surface area contributed by atoms with Crippen molar-refractivity contribution in [3.63, 3.8) is 0 Å². The summed E-state index contributed by atoms with van der Waals surface area (Å²) in [7, 11) is 0. The number of aromatic nitrogens is 2. The van der Waals surface area contributed by atoms with E-state index in [1.807, 2.05) is 63.2 Å². The molecule has 1 aliphatic carbocycles. The number of nitrogens with one attached hydrogen (secondary N) is 2. The highest BCUT2D eigenvalue weighted by Crippen LogP contribution is 2.43. The number of carbonyl (C=O) groups excluding carboxylic acids is 1. The number of alkyl carbamates (subject to hydrolysis) is 1. The quantitative estimate of drug-likeness (QED) is 0.397. The molecule has 2 N–H and O–H groups in total. The standard InChI is InChI=1S/C25H28N4O4/c1-25(2,3)32-24(30)26-17-12-15(13-17)8-11-22-28-23(29-33-22)16-9-10-19-21(14-16)31-20-7-5-4-6-18(20)27-19/h4-7,9-10,14-15,17,27H,8,11-13H2,1-3H3,(H,26,30). The monoisotopic (exact) mass is 448 g/mol. The summed E-state index contributed by atoms with van der Waals surface area (Å²) < 4.78 is 16.8. The topological polar surface area (TPSA) is 98.5 Å². The molecule has 0 bridgehead atoms. The summed E-state index contributed by atoms with van der Waals surface area (Å²) in [5.41, 5.74) is 2.21. The zero-order valence-electron chi connectivity index (χ0n) is 19.1. The highest BCUT2D eigenvalue weighted by atomic mass is 16.6. The van der Waals surface area contributed by atoms with Crippen molar-refractivity contribution in [1.82, 2.24) is 15.5 Å². The van der Waals surface area contributed by atoms with Gasteiger partial charge in [-0.15, -0.1) is 0 Å². The molecule has 2 heterocycles. The second-order valence-electron chi connectivity index (χ2n) is 9.67. The minimum Gasteiger partial charge on any atom is -0.453 e. The van der Waals surface area contributed by atoms with Crippen LogP contribution in [0.25, 0.3) is 11.4 Å². The normalized spacial score (nSPS) is 18.8. The molecule has 1 saturated carbocycles. The third kappa shape index (κ3) is 4.94. The SMILES string of the molecule is CC(C)(C)OC(=O)NC1CC(CCc2nc(-c3ccc4c(c3)Oc3ccccc3N4)no2)C1. The third-order valence-corrected chi connectivity index (χ3v) is 5.81. The molecule has 33 heavy (non-hydrogen) atoms. The lowest BCUT2D eigenvalue weighted by Crippen LogP contribution is -2.46. The van der Waals surface area contributed by atoms with Crippen LogP contribution in [0.3, 0.4) is 0 Å². The van der Waals surface area contributed by atoms with E-state index in [0.29, 0.717) is 24.1 Å². The third-order valence-electron chi connectivity index (χ3n) is 5.81. The van der Waals surface area contributed by atoms with Gasteiger partial charge in [0.05, 0.1) is 11.4 Å². The number of hydrogen-bond donors (Lipinski definition) is 2. The molecule has 172 valence electrons.